The first-order valence-corrected chi connectivity index (χ1v) is 6.02. The summed E-state index contributed by atoms with van der Waals surface area (Å²) in [5.74, 6) is 0. The molecule has 0 aromatic heterocycles. The van der Waals surface area contributed by atoms with Gasteiger partial charge in [-0.1, -0.05) is 26.7 Å². The Labute approximate surface area is 103 Å². The van der Waals surface area contributed by atoms with Crippen molar-refractivity contribution in [3.05, 3.63) is 0 Å². The largest absolute Gasteiger partial charge is 0.412 e. The van der Waals surface area contributed by atoms with E-state index in [4.69, 9.17) is 0 Å². The summed E-state index contributed by atoms with van der Waals surface area (Å²) in [5, 5.41) is 0. The Hall–Kier alpha value is -0.460. The Morgan fingerprint density at radius 2 is 1.11 bits per heavy atom. The lowest BCUT2D eigenvalue weighted by Crippen LogP contribution is -2.55. The molecule has 0 N–H and O–H groups in total. The Morgan fingerprint density at radius 1 is 0.778 bits per heavy atom. The van der Waals surface area contributed by atoms with E-state index >= 15 is 0 Å². The van der Waals surface area contributed by atoms with E-state index in [1.807, 2.05) is 0 Å². The van der Waals surface area contributed by atoms with E-state index in [9.17, 15) is 26.3 Å². The van der Waals surface area contributed by atoms with Gasteiger partial charge in [0.15, 0.2) is 0 Å². The van der Waals surface area contributed by atoms with Crippen LogP contribution in [-0.2, 0) is 0 Å². The van der Waals surface area contributed by atoms with Crippen LogP contribution in [0.4, 0.5) is 26.3 Å². The van der Waals surface area contributed by atoms with Gasteiger partial charge in [0.1, 0.15) is 0 Å². The van der Waals surface area contributed by atoms with Crippen molar-refractivity contribution in [1.29, 1.82) is 0 Å². The van der Waals surface area contributed by atoms with Gasteiger partial charge in [0.25, 0.3) is 0 Å². The summed E-state index contributed by atoms with van der Waals surface area (Å²) in [6.45, 7) is 3.10. The van der Waals surface area contributed by atoms with Crippen molar-refractivity contribution in [3.63, 3.8) is 0 Å². The van der Waals surface area contributed by atoms with Gasteiger partial charge >= 0.3 is 12.4 Å². The van der Waals surface area contributed by atoms with Crippen molar-refractivity contribution in [3.8, 4) is 0 Å². The van der Waals surface area contributed by atoms with Crippen LogP contribution in [0.25, 0.3) is 0 Å². The fraction of sp³-hybridized carbons (Fsp3) is 1.00. The molecule has 0 aliphatic rings. The second-order valence-electron chi connectivity index (χ2n) is 4.23. The van der Waals surface area contributed by atoms with E-state index in [0.717, 1.165) is 0 Å². The van der Waals surface area contributed by atoms with Crippen LogP contribution >= 0.6 is 0 Å². The molecular weight excluding hydrogens is 260 g/mol. The molecule has 0 aliphatic carbocycles. The molecule has 0 spiro atoms. The molecule has 0 unspecified atom stereocenters. The lowest BCUT2D eigenvalue weighted by Gasteiger charge is -2.34. The maximum Gasteiger partial charge on any atom is 0.412 e. The lowest BCUT2D eigenvalue weighted by molar-refractivity contribution is -0.287. The molecular formula is C11H19F6N. The molecule has 18 heavy (non-hydrogen) atoms. The molecule has 0 saturated carbocycles. The van der Waals surface area contributed by atoms with Gasteiger partial charge in [0, 0.05) is 0 Å². The molecule has 0 aromatic carbocycles. The fourth-order valence-corrected chi connectivity index (χ4v) is 1.69. The van der Waals surface area contributed by atoms with Crippen LogP contribution in [0, 0.1) is 0 Å². The van der Waals surface area contributed by atoms with Crippen molar-refractivity contribution in [1.82, 2.24) is 4.90 Å². The van der Waals surface area contributed by atoms with E-state index in [2.05, 4.69) is 0 Å². The summed E-state index contributed by atoms with van der Waals surface area (Å²) < 4.78 is 75.4. The molecule has 0 bridgehead atoms. The van der Waals surface area contributed by atoms with Crippen LogP contribution in [0.2, 0.25) is 0 Å². The summed E-state index contributed by atoms with van der Waals surface area (Å²) in [7, 11) is 0. The van der Waals surface area contributed by atoms with Crippen LogP contribution in [0.3, 0.4) is 0 Å². The highest BCUT2D eigenvalue weighted by Crippen LogP contribution is 2.37. The molecule has 0 radical (unpaired) electrons. The van der Waals surface area contributed by atoms with Gasteiger partial charge in [0.05, 0.1) is 0 Å². The molecule has 0 saturated heterocycles. The average Bonchev–Trinajstić information content (AvgIpc) is 2.17. The van der Waals surface area contributed by atoms with Crippen LogP contribution in [0.5, 0.6) is 0 Å². The second kappa shape index (κ2) is 7.21. The lowest BCUT2D eigenvalue weighted by atomic mass is 10.1. The summed E-state index contributed by atoms with van der Waals surface area (Å²) >= 11 is 0. The monoisotopic (exact) mass is 279 g/mol. The Bertz CT molecular complexity index is 201. The van der Waals surface area contributed by atoms with E-state index < -0.39 is 18.4 Å². The second-order valence-corrected chi connectivity index (χ2v) is 4.23. The van der Waals surface area contributed by atoms with Crippen molar-refractivity contribution in [2.24, 2.45) is 0 Å². The Kier molecular flexibility index (Phi) is 7.02. The van der Waals surface area contributed by atoms with Crippen molar-refractivity contribution >= 4 is 0 Å². The zero-order chi connectivity index (χ0) is 14.4. The first-order chi connectivity index (χ1) is 8.14. The molecule has 0 amide bonds. The number of rotatable bonds is 7. The third-order valence-electron chi connectivity index (χ3n) is 2.58. The summed E-state index contributed by atoms with van der Waals surface area (Å²) in [6.07, 6.45) is -8.78. The third-order valence-corrected chi connectivity index (χ3v) is 2.58. The van der Waals surface area contributed by atoms with Gasteiger partial charge in [0.2, 0.25) is 6.04 Å². The SMILES string of the molecule is CCCCN(CCCC)C(C(F)(F)F)C(F)(F)F. The Balaban J connectivity index is 4.95. The van der Waals surface area contributed by atoms with Crippen LogP contribution in [0.1, 0.15) is 39.5 Å². The number of hydrogen-bond acceptors (Lipinski definition) is 1. The van der Waals surface area contributed by atoms with Gasteiger partial charge < -0.3 is 0 Å². The van der Waals surface area contributed by atoms with E-state index in [1.165, 1.54) is 0 Å². The number of alkyl halides is 6. The predicted octanol–water partition coefficient (Wildman–Crippen LogP) is 4.38. The quantitative estimate of drug-likeness (QED) is 0.625. The van der Waals surface area contributed by atoms with Gasteiger partial charge in [-0.2, -0.15) is 26.3 Å². The highest BCUT2D eigenvalue weighted by molar-refractivity contribution is 4.85. The number of hydrogen-bond donors (Lipinski definition) is 0. The minimum Gasteiger partial charge on any atom is -0.285 e. The molecule has 1 nitrogen and oxygen atoms in total. The minimum absolute atomic E-state index is 0.180. The number of halogens is 6. The summed E-state index contributed by atoms with van der Waals surface area (Å²) in [4.78, 5) is 0.507. The minimum atomic E-state index is -5.28. The maximum atomic E-state index is 12.6. The molecule has 0 atom stereocenters. The van der Waals surface area contributed by atoms with Gasteiger partial charge in [-0.25, -0.2) is 0 Å². The van der Waals surface area contributed by atoms with Gasteiger partial charge in [-0.05, 0) is 25.9 Å². The zero-order valence-electron chi connectivity index (χ0n) is 10.5. The predicted molar refractivity (Wildman–Crippen MR) is 57.3 cm³/mol. The fourth-order valence-electron chi connectivity index (χ4n) is 1.69. The van der Waals surface area contributed by atoms with E-state index in [1.54, 1.807) is 13.8 Å². The average molecular weight is 279 g/mol. The van der Waals surface area contributed by atoms with Crippen molar-refractivity contribution in [2.75, 3.05) is 13.1 Å². The Morgan fingerprint density at radius 3 is 1.33 bits per heavy atom. The standard InChI is InChI=1S/C11H19F6N/c1-3-5-7-18(8-6-4-2)9(10(12,13)14)11(15,16)17/h9H,3-8H2,1-2H3. The van der Waals surface area contributed by atoms with Crippen LogP contribution in [0.15, 0.2) is 0 Å². The molecule has 0 heterocycles. The highest BCUT2D eigenvalue weighted by atomic mass is 19.4. The van der Waals surface area contributed by atoms with Crippen molar-refractivity contribution < 1.29 is 26.3 Å². The molecule has 7 heteroatoms. The normalized spacial score (nSPS) is 13.7. The number of nitrogens with zero attached hydrogens (tertiary/aromatic N) is 1. The number of unbranched alkanes of at least 4 members (excludes halogenated alkanes) is 2. The zero-order valence-corrected chi connectivity index (χ0v) is 10.5. The van der Waals surface area contributed by atoms with Crippen LogP contribution < -0.4 is 0 Å². The highest BCUT2D eigenvalue weighted by Gasteiger charge is 2.59. The third kappa shape index (κ3) is 5.93. The van der Waals surface area contributed by atoms with E-state index in [-0.39, 0.29) is 13.1 Å². The van der Waals surface area contributed by atoms with Crippen LogP contribution in [-0.4, -0.2) is 36.4 Å². The molecule has 110 valence electrons. The first kappa shape index (κ1) is 17.5. The maximum absolute atomic E-state index is 12.6. The molecule has 0 aromatic rings. The van der Waals surface area contributed by atoms with Crippen molar-refractivity contribution in [2.45, 2.75) is 57.9 Å². The summed E-state index contributed by atoms with van der Waals surface area (Å²) in [6, 6.07) is -3.34. The topological polar surface area (TPSA) is 3.24 Å². The van der Waals surface area contributed by atoms with E-state index in [0.29, 0.717) is 30.6 Å². The van der Waals surface area contributed by atoms with Gasteiger partial charge in [-0.15, -0.1) is 0 Å². The molecule has 0 aliphatic heterocycles. The molecule has 0 fully saturated rings. The smallest absolute Gasteiger partial charge is 0.285 e. The van der Waals surface area contributed by atoms with Gasteiger partial charge in [-0.3, -0.25) is 4.90 Å². The summed E-state index contributed by atoms with van der Waals surface area (Å²) in [5.41, 5.74) is 0. The first-order valence-electron chi connectivity index (χ1n) is 6.02. The molecule has 0 rings (SSSR count).